The number of fused-ring (bicyclic) bond motifs is 1. The maximum Gasteiger partial charge on any atom is 0.267 e. The van der Waals surface area contributed by atoms with E-state index < -0.39 is 0 Å². The van der Waals surface area contributed by atoms with Gasteiger partial charge in [0, 0.05) is 22.4 Å². The number of H-pyrrole nitrogens is 1. The average Bonchev–Trinajstić information content (AvgIpc) is 2.59. The van der Waals surface area contributed by atoms with Crippen LogP contribution in [-0.4, -0.2) is 17.9 Å². The first-order valence-corrected chi connectivity index (χ1v) is 5.00. The SMILES string of the molecule is CNC(=O)c1cc2cc(Br)ccc2[nH]1. The summed E-state index contributed by atoms with van der Waals surface area (Å²) in [5.41, 5.74) is 1.55. The van der Waals surface area contributed by atoms with Crippen LogP contribution in [-0.2, 0) is 0 Å². The molecule has 4 heteroatoms. The fraction of sp³-hybridized carbons (Fsp3) is 0.100. The molecule has 0 atom stereocenters. The van der Waals surface area contributed by atoms with Crippen molar-refractivity contribution in [3.63, 3.8) is 0 Å². The minimum atomic E-state index is -0.0997. The van der Waals surface area contributed by atoms with E-state index in [0.717, 1.165) is 15.4 Å². The van der Waals surface area contributed by atoms with E-state index >= 15 is 0 Å². The van der Waals surface area contributed by atoms with Crippen molar-refractivity contribution >= 4 is 32.7 Å². The van der Waals surface area contributed by atoms with E-state index in [1.54, 1.807) is 7.05 Å². The van der Waals surface area contributed by atoms with Gasteiger partial charge in [0.1, 0.15) is 5.69 Å². The highest BCUT2D eigenvalue weighted by atomic mass is 79.9. The first-order valence-electron chi connectivity index (χ1n) is 4.21. The standard InChI is InChI=1S/C10H9BrN2O/c1-12-10(14)9-5-6-4-7(11)2-3-8(6)13-9/h2-5,13H,1H3,(H,12,14). The Bertz CT molecular complexity index is 490. The van der Waals surface area contributed by atoms with Crippen LogP contribution in [0.1, 0.15) is 10.5 Å². The lowest BCUT2D eigenvalue weighted by Crippen LogP contribution is -2.17. The fourth-order valence-electron chi connectivity index (χ4n) is 1.36. The lowest BCUT2D eigenvalue weighted by atomic mass is 10.2. The number of carbonyl (C=O) groups is 1. The van der Waals surface area contributed by atoms with Crippen molar-refractivity contribution in [2.24, 2.45) is 0 Å². The van der Waals surface area contributed by atoms with Crippen molar-refractivity contribution in [1.29, 1.82) is 0 Å². The van der Waals surface area contributed by atoms with E-state index in [1.807, 2.05) is 24.3 Å². The van der Waals surface area contributed by atoms with Gasteiger partial charge in [0.25, 0.3) is 5.91 Å². The third-order valence-corrected chi connectivity index (χ3v) is 2.55. The van der Waals surface area contributed by atoms with Gasteiger partial charge in [-0.2, -0.15) is 0 Å². The van der Waals surface area contributed by atoms with Crippen molar-refractivity contribution in [3.05, 3.63) is 34.4 Å². The first-order chi connectivity index (χ1) is 6.70. The minimum absolute atomic E-state index is 0.0997. The van der Waals surface area contributed by atoms with Gasteiger partial charge in [-0.15, -0.1) is 0 Å². The smallest absolute Gasteiger partial charge is 0.267 e. The van der Waals surface area contributed by atoms with Gasteiger partial charge in [-0.1, -0.05) is 15.9 Å². The molecular weight excluding hydrogens is 244 g/mol. The van der Waals surface area contributed by atoms with E-state index in [9.17, 15) is 4.79 Å². The number of aromatic amines is 1. The molecule has 0 bridgehead atoms. The minimum Gasteiger partial charge on any atom is -0.354 e. The molecule has 72 valence electrons. The van der Waals surface area contributed by atoms with Crippen molar-refractivity contribution < 1.29 is 4.79 Å². The second-order valence-corrected chi connectivity index (χ2v) is 3.91. The summed E-state index contributed by atoms with van der Waals surface area (Å²) in [5.74, 6) is -0.0997. The van der Waals surface area contributed by atoms with Crippen molar-refractivity contribution in [3.8, 4) is 0 Å². The number of hydrogen-bond acceptors (Lipinski definition) is 1. The third kappa shape index (κ3) is 1.53. The molecule has 0 spiro atoms. The van der Waals surface area contributed by atoms with Gasteiger partial charge in [0.15, 0.2) is 0 Å². The summed E-state index contributed by atoms with van der Waals surface area (Å²) in [4.78, 5) is 14.4. The maximum absolute atomic E-state index is 11.3. The van der Waals surface area contributed by atoms with E-state index in [1.165, 1.54) is 0 Å². The lowest BCUT2D eigenvalue weighted by molar-refractivity contribution is 0.0959. The molecule has 0 unspecified atom stereocenters. The van der Waals surface area contributed by atoms with E-state index in [0.29, 0.717) is 5.69 Å². The Hall–Kier alpha value is -1.29. The Morgan fingerprint density at radius 3 is 2.93 bits per heavy atom. The van der Waals surface area contributed by atoms with Crippen LogP contribution in [0.15, 0.2) is 28.7 Å². The Morgan fingerprint density at radius 1 is 1.43 bits per heavy atom. The number of aromatic nitrogens is 1. The van der Waals surface area contributed by atoms with Crippen LogP contribution >= 0.6 is 15.9 Å². The summed E-state index contributed by atoms with van der Waals surface area (Å²) in [6, 6.07) is 7.68. The summed E-state index contributed by atoms with van der Waals surface area (Å²) in [6.07, 6.45) is 0. The molecule has 1 aromatic carbocycles. The molecule has 0 saturated heterocycles. The van der Waals surface area contributed by atoms with E-state index in [-0.39, 0.29) is 5.91 Å². The van der Waals surface area contributed by atoms with Crippen LogP contribution in [0.2, 0.25) is 0 Å². The number of hydrogen-bond donors (Lipinski definition) is 2. The molecule has 0 aliphatic heterocycles. The number of benzene rings is 1. The molecule has 2 aromatic rings. The molecule has 3 nitrogen and oxygen atoms in total. The Balaban J connectivity index is 2.56. The third-order valence-electron chi connectivity index (χ3n) is 2.05. The van der Waals surface area contributed by atoms with Crippen LogP contribution in [0.4, 0.5) is 0 Å². The predicted molar refractivity (Wildman–Crippen MR) is 59.4 cm³/mol. The summed E-state index contributed by atoms with van der Waals surface area (Å²) in [7, 11) is 1.61. The van der Waals surface area contributed by atoms with E-state index in [2.05, 4.69) is 26.2 Å². The molecule has 1 heterocycles. The zero-order valence-corrected chi connectivity index (χ0v) is 9.18. The topological polar surface area (TPSA) is 44.9 Å². The second kappa shape index (κ2) is 3.46. The summed E-state index contributed by atoms with van der Waals surface area (Å²) >= 11 is 3.38. The highest BCUT2D eigenvalue weighted by Gasteiger charge is 2.06. The number of carbonyl (C=O) groups excluding carboxylic acids is 1. The largest absolute Gasteiger partial charge is 0.354 e. The molecule has 0 aliphatic rings. The fourth-order valence-corrected chi connectivity index (χ4v) is 1.74. The first kappa shape index (κ1) is 9.27. The molecule has 0 saturated carbocycles. The highest BCUT2D eigenvalue weighted by molar-refractivity contribution is 9.10. The number of nitrogens with one attached hydrogen (secondary N) is 2. The average molecular weight is 253 g/mol. The number of amides is 1. The quantitative estimate of drug-likeness (QED) is 0.804. The Labute approximate surface area is 89.6 Å². The zero-order chi connectivity index (χ0) is 10.1. The molecule has 0 radical (unpaired) electrons. The number of rotatable bonds is 1. The van der Waals surface area contributed by atoms with Gasteiger partial charge in [0.2, 0.25) is 0 Å². The van der Waals surface area contributed by atoms with Crippen LogP contribution in [0.5, 0.6) is 0 Å². The summed E-state index contributed by atoms with van der Waals surface area (Å²) in [5, 5.41) is 3.60. The van der Waals surface area contributed by atoms with Gasteiger partial charge in [-0.3, -0.25) is 4.79 Å². The summed E-state index contributed by atoms with van der Waals surface area (Å²) in [6.45, 7) is 0. The number of halogens is 1. The molecule has 2 N–H and O–H groups in total. The van der Waals surface area contributed by atoms with Crippen LogP contribution in [0.25, 0.3) is 10.9 Å². The van der Waals surface area contributed by atoms with E-state index in [4.69, 9.17) is 0 Å². The molecular formula is C10H9BrN2O. The van der Waals surface area contributed by atoms with Gasteiger partial charge < -0.3 is 10.3 Å². The Morgan fingerprint density at radius 2 is 2.21 bits per heavy atom. The normalized spacial score (nSPS) is 10.4. The van der Waals surface area contributed by atoms with Crippen molar-refractivity contribution in [2.45, 2.75) is 0 Å². The molecule has 1 aromatic heterocycles. The molecule has 0 fully saturated rings. The molecule has 0 aliphatic carbocycles. The van der Waals surface area contributed by atoms with Crippen molar-refractivity contribution in [1.82, 2.24) is 10.3 Å². The van der Waals surface area contributed by atoms with Crippen molar-refractivity contribution in [2.75, 3.05) is 7.05 Å². The summed E-state index contributed by atoms with van der Waals surface area (Å²) < 4.78 is 1.01. The predicted octanol–water partition coefficient (Wildman–Crippen LogP) is 2.29. The highest BCUT2D eigenvalue weighted by Crippen LogP contribution is 2.20. The van der Waals surface area contributed by atoms with Gasteiger partial charge in [-0.05, 0) is 24.3 Å². The van der Waals surface area contributed by atoms with Crippen LogP contribution in [0, 0.1) is 0 Å². The van der Waals surface area contributed by atoms with Gasteiger partial charge in [0.05, 0.1) is 0 Å². The molecule has 1 amide bonds. The molecule has 14 heavy (non-hydrogen) atoms. The van der Waals surface area contributed by atoms with Gasteiger partial charge in [-0.25, -0.2) is 0 Å². The molecule has 2 rings (SSSR count). The maximum atomic E-state index is 11.3. The lowest BCUT2D eigenvalue weighted by Gasteiger charge is -1.92. The monoisotopic (exact) mass is 252 g/mol. The van der Waals surface area contributed by atoms with Gasteiger partial charge >= 0.3 is 0 Å². The Kier molecular flexibility index (Phi) is 2.29. The second-order valence-electron chi connectivity index (χ2n) is 2.99. The van der Waals surface area contributed by atoms with Crippen LogP contribution < -0.4 is 5.32 Å². The zero-order valence-electron chi connectivity index (χ0n) is 7.60. The van der Waals surface area contributed by atoms with Crippen LogP contribution in [0.3, 0.4) is 0 Å².